The largest absolute Gasteiger partial charge is 0.383 e. The molecule has 20 heavy (non-hydrogen) atoms. The molecule has 0 aliphatic carbocycles. The first-order valence-corrected chi connectivity index (χ1v) is 8.04. The van der Waals surface area contributed by atoms with Crippen molar-refractivity contribution in [2.75, 3.05) is 26.8 Å². The third-order valence-corrected chi connectivity index (χ3v) is 3.83. The van der Waals surface area contributed by atoms with E-state index in [0.29, 0.717) is 32.2 Å². The van der Waals surface area contributed by atoms with Crippen LogP contribution in [0.25, 0.3) is 0 Å². The molecule has 4 nitrogen and oxygen atoms in total. The first-order chi connectivity index (χ1) is 9.63. The van der Waals surface area contributed by atoms with Gasteiger partial charge in [-0.25, -0.2) is 0 Å². The second-order valence-corrected chi connectivity index (χ2v) is 6.13. The highest BCUT2D eigenvalue weighted by Crippen LogP contribution is 2.13. The second-order valence-electron chi connectivity index (χ2n) is 5.10. The molecule has 0 unspecified atom stereocenters. The van der Waals surface area contributed by atoms with Crippen LogP contribution in [0.5, 0.6) is 0 Å². The molecule has 0 bridgehead atoms. The monoisotopic (exact) mass is 298 g/mol. The lowest BCUT2D eigenvalue weighted by molar-refractivity contribution is -0.132. The summed E-state index contributed by atoms with van der Waals surface area (Å²) in [4.78, 5) is 15.4. The van der Waals surface area contributed by atoms with E-state index in [1.165, 1.54) is 4.88 Å². The molecule has 0 saturated heterocycles. The molecule has 0 fully saturated rings. The van der Waals surface area contributed by atoms with Crippen molar-refractivity contribution in [3.8, 4) is 0 Å². The molecule has 5 heteroatoms. The van der Waals surface area contributed by atoms with Gasteiger partial charge in [-0.1, -0.05) is 19.9 Å². The lowest BCUT2D eigenvalue weighted by Crippen LogP contribution is -2.34. The van der Waals surface area contributed by atoms with E-state index >= 15 is 0 Å². The molecule has 0 radical (unpaired) electrons. The Morgan fingerprint density at radius 3 is 2.90 bits per heavy atom. The van der Waals surface area contributed by atoms with Crippen molar-refractivity contribution < 1.29 is 9.53 Å². The van der Waals surface area contributed by atoms with Gasteiger partial charge in [0.2, 0.25) is 5.91 Å². The molecule has 1 amide bonds. The first kappa shape index (κ1) is 17.1. The van der Waals surface area contributed by atoms with Crippen LogP contribution in [0.15, 0.2) is 17.5 Å². The van der Waals surface area contributed by atoms with Gasteiger partial charge in [0.25, 0.3) is 0 Å². The Morgan fingerprint density at radius 2 is 2.30 bits per heavy atom. The minimum Gasteiger partial charge on any atom is -0.383 e. The van der Waals surface area contributed by atoms with Crippen molar-refractivity contribution >= 4 is 17.2 Å². The maximum atomic E-state index is 12.3. The summed E-state index contributed by atoms with van der Waals surface area (Å²) < 4.78 is 5.10. The van der Waals surface area contributed by atoms with Crippen LogP contribution >= 0.6 is 11.3 Å². The van der Waals surface area contributed by atoms with E-state index in [1.54, 1.807) is 18.4 Å². The van der Waals surface area contributed by atoms with Gasteiger partial charge in [-0.2, -0.15) is 0 Å². The van der Waals surface area contributed by atoms with Gasteiger partial charge >= 0.3 is 0 Å². The van der Waals surface area contributed by atoms with Gasteiger partial charge in [-0.05, 0) is 24.4 Å². The fraction of sp³-hybridized carbons (Fsp3) is 0.667. The highest BCUT2D eigenvalue weighted by Gasteiger charge is 2.13. The van der Waals surface area contributed by atoms with E-state index in [1.807, 2.05) is 16.3 Å². The Labute approximate surface area is 126 Å². The van der Waals surface area contributed by atoms with E-state index in [9.17, 15) is 4.79 Å². The Kier molecular flexibility index (Phi) is 8.49. The third-order valence-electron chi connectivity index (χ3n) is 2.96. The molecular formula is C15H26N2O2S. The molecule has 0 aliphatic heterocycles. The average molecular weight is 298 g/mol. The number of methoxy groups -OCH3 is 1. The number of carbonyl (C=O) groups is 1. The van der Waals surface area contributed by atoms with Crippen molar-refractivity contribution in [1.82, 2.24) is 10.2 Å². The molecule has 1 heterocycles. The predicted octanol–water partition coefficient (Wildman–Crippen LogP) is 2.50. The van der Waals surface area contributed by atoms with Gasteiger partial charge in [-0.15, -0.1) is 11.3 Å². The Hall–Kier alpha value is -0.910. The van der Waals surface area contributed by atoms with Crippen LogP contribution in [-0.4, -0.2) is 43.7 Å². The topological polar surface area (TPSA) is 41.6 Å². The van der Waals surface area contributed by atoms with Gasteiger partial charge in [-0.3, -0.25) is 4.79 Å². The fourth-order valence-corrected chi connectivity index (χ4v) is 2.59. The molecule has 0 spiro atoms. The number of hydrogen-bond acceptors (Lipinski definition) is 4. The maximum Gasteiger partial charge on any atom is 0.223 e. The number of thiophene rings is 1. The highest BCUT2D eigenvalue weighted by atomic mass is 32.1. The van der Waals surface area contributed by atoms with E-state index in [0.717, 1.165) is 13.0 Å². The van der Waals surface area contributed by atoms with E-state index in [4.69, 9.17) is 4.74 Å². The first-order valence-electron chi connectivity index (χ1n) is 7.16. The maximum absolute atomic E-state index is 12.3. The summed E-state index contributed by atoms with van der Waals surface area (Å²) in [5.41, 5.74) is 0. The van der Waals surface area contributed by atoms with Crippen LogP contribution in [0, 0.1) is 0 Å². The molecule has 114 valence electrons. The number of carbonyl (C=O) groups excluding carboxylic acids is 1. The lowest BCUT2D eigenvalue weighted by atomic mass is 10.2. The van der Waals surface area contributed by atoms with Crippen molar-refractivity contribution in [1.29, 1.82) is 0 Å². The van der Waals surface area contributed by atoms with Gasteiger partial charge in [0.05, 0.1) is 13.2 Å². The third kappa shape index (κ3) is 7.03. The smallest absolute Gasteiger partial charge is 0.223 e. The Morgan fingerprint density at radius 1 is 1.50 bits per heavy atom. The van der Waals surface area contributed by atoms with Crippen LogP contribution < -0.4 is 5.32 Å². The number of amides is 1. The van der Waals surface area contributed by atoms with Crippen LogP contribution in [0.4, 0.5) is 0 Å². The van der Waals surface area contributed by atoms with Crippen molar-refractivity contribution in [2.24, 2.45) is 0 Å². The van der Waals surface area contributed by atoms with E-state index in [2.05, 4.69) is 25.2 Å². The quantitative estimate of drug-likeness (QED) is 0.675. The SMILES string of the molecule is COCCN(Cc1cccs1)C(=O)CCCNC(C)C. The molecular weight excluding hydrogens is 272 g/mol. The zero-order valence-corrected chi connectivity index (χ0v) is 13.5. The predicted molar refractivity (Wildman–Crippen MR) is 84.0 cm³/mol. The minimum absolute atomic E-state index is 0.209. The molecule has 0 aliphatic rings. The number of hydrogen-bond donors (Lipinski definition) is 1. The normalized spacial score (nSPS) is 11.0. The average Bonchev–Trinajstić information content (AvgIpc) is 2.92. The summed E-state index contributed by atoms with van der Waals surface area (Å²) in [5, 5.41) is 5.38. The fourth-order valence-electron chi connectivity index (χ4n) is 1.87. The molecule has 0 atom stereocenters. The summed E-state index contributed by atoms with van der Waals surface area (Å²) >= 11 is 1.69. The van der Waals surface area contributed by atoms with Gasteiger partial charge in [0.15, 0.2) is 0 Å². The zero-order chi connectivity index (χ0) is 14.8. The van der Waals surface area contributed by atoms with Crippen molar-refractivity contribution in [2.45, 2.75) is 39.3 Å². The summed E-state index contributed by atoms with van der Waals surface area (Å²) in [6.45, 7) is 7.05. The van der Waals surface area contributed by atoms with Crippen LogP contribution in [0.3, 0.4) is 0 Å². The van der Waals surface area contributed by atoms with Gasteiger partial charge < -0.3 is 15.0 Å². The van der Waals surface area contributed by atoms with Crippen molar-refractivity contribution in [3.05, 3.63) is 22.4 Å². The number of rotatable bonds is 10. The van der Waals surface area contributed by atoms with Gasteiger partial charge in [0, 0.05) is 31.0 Å². The summed E-state index contributed by atoms with van der Waals surface area (Å²) in [6, 6.07) is 4.56. The standard InChI is InChI=1S/C15H26N2O2S/c1-13(2)16-8-4-7-15(18)17(9-10-19-3)12-14-6-5-11-20-14/h5-6,11,13,16H,4,7-10,12H2,1-3H3. The van der Waals surface area contributed by atoms with Crippen LogP contribution in [0.1, 0.15) is 31.6 Å². The number of ether oxygens (including phenoxy) is 1. The molecule has 1 aromatic rings. The number of nitrogens with zero attached hydrogens (tertiary/aromatic N) is 1. The molecule has 0 aromatic carbocycles. The van der Waals surface area contributed by atoms with E-state index < -0.39 is 0 Å². The van der Waals surface area contributed by atoms with Crippen molar-refractivity contribution in [3.63, 3.8) is 0 Å². The lowest BCUT2D eigenvalue weighted by Gasteiger charge is -2.22. The molecule has 1 aromatic heterocycles. The molecule has 1 N–H and O–H groups in total. The number of nitrogens with one attached hydrogen (secondary N) is 1. The van der Waals surface area contributed by atoms with Crippen LogP contribution in [0.2, 0.25) is 0 Å². The second kappa shape index (κ2) is 9.91. The zero-order valence-electron chi connectivity index (χ0n) is 12.7. The van der Waals surface area contributed by atoms with Gasteiger partial charge in [0.1, 0.15) is 0 Å². The molecule has 0 saturated carbocycles. The van der Waals surface area contributed by atoms with E-state index in [-0.39, 0.29) is 5.91 Å². The highest BCUT2D eigenvalue weighted by molar-refractivity contribution is 7.09. The Balaban J connectivity index is 2.39. The molecule has 1 rings (SSSR count). The summed E-state index contributed by atoms with van der Waals surface area (Å²) in [5.74, 6) is 0.209. The Bertz CT molecular complexity index is 366. The summed E-state index contributed by atoms with van der Waals surface area (Å²) in [6.07, 6.45) is 1.47. The minimum atomic E-state index is 0.209. The van der Waals surface area contributed by atoms with Crippen LogP contribution in [-0.2, 0) is 16.1 Å². The summed E-state index contributed by atoms with van der Waals surface area (Å²) in [7, 11) is 1.67.